The molecule has 4 heteroatoms. The van der Waals surface area contributed by atoms with E-state index in [2.05, 4.69) is 30.4 Å². The predicted octanol–water partition coefficient (Wildman–Crippen LogP) is 4.35. The smallest absolute Gasteiger partial charge is 0.193 e. The van der Waals surface area contributed by atoms with E-state index in [0.717, 1.165) is 49.5 Å². The fourth-order valence-corrected chi connectivity index (χ4v) is 2.93. The molecule has 3 nitrogen and oxygen atoms in total. The van der Waals surface area contributed by atoms with Crippen LogP contribution in [-0.2, 0) is 6.42 Å². The minimum Gasteiger partial charge on any atom is -0.493 e. The molecule has 0 spiro atoms. The standard InChI is InChI=1S/C17H20ClNO2/c1-2-10-19-16(14-8-9-15(18)21-14)13-7-3-5-12-6-4-11-20-17(12)13/h3,5,7-9,16,19H,2,4,6,10-11H2,1H3. The Hall–Kier alpha value is -1.45. The van der Waals surface area contributed by atoms with Crippen LogP contribution in [0.4, 0.5) is 0 Å². The molecule has 3 rings (SSSR count). The number of ether oxygens (including phenoxy) is 1. The molecular formula is C17H20ClNO2. The first-order valence-electron chi connectivity index (χ1n) is 7.52. The molecule has 1 aromatic carbocycles. The lowest BCUT2D eigenvalue weighted by molar-refractivity contribution is 0.281. The second kappa shape index (κ2) is 6.54. The summed E-state index contributed by atoms with van der Waals surface area (Å²) in [6.45, 7) is 3.84. The molecule has 2 aromatic rings. The highest BCUT2D eigenvalue weighted by Crippen LogP contribution is 2.36. The van der Waals surface area contributed by atoms with Gasteiger partial charge >= 0.3 is 0 Å². The Labute approximate surface area is 130 Å². The van der Waals surface area contributed by atoms with Crippen molar-refractivity contribution in [2.45, 2.75) is 32.2 Å². The number of benzene rings is 1. The van der Waals surface area contributed by atoms with Crippen LogP contribution in [0.15, 0.2) is 34.7 Å². The number of aryl methyl sites for hydroxylation is 1. The summed E-state index contributed by atoms with van der Waals surface area (Å²) in [5.74, 6) is 1.83. The van der Waals surface area contributed by atoms with Crippen LogP contribution in [0.2, 0.25) is 5.22 Å². The van der Waals surface area contributed by atoms with Crippen molar-refractivity contribution in [1.29, 1.82) is 0 Å². The molecule has 0 radical (unpaired) electrons. The van der Waals surface area contributed by atoms with Gasteiger partial charge in [-0.3, -0.25) is 0 Å². The van der Waals surface area contributed by atoms with E-state index in [9.17, 15) is 0 Å². The lowest BCUT2D eigenvalue weighted by Crippen LogP contribution is -2.24. The average molecular weight is 306 g/mol. The molecule has 0 saturated heterocycles. The van der Waals surface area contributed by atoms with E-state index in [1.54, 1.807) is 6.07 Å². The number of furan rings is 1. The van der Waals surface area contributed by atoms with Crippen LogP contribution in [0.1, 0.15) is 42.7 Å². The third-order valence-corrected chi connectivity index (χ3v) is 3.95. The molecule has 1 aliphatic rings. The summed E-state index contributed by atoms with van der Waals surface area (Å²) in [5, 5.41) is 3.95. The molecule has 112 valence electrons. The van der Waals surface area contributed by atoms with E-state index in [4.69, 9.17) is 20.8 Å². The molecular weight excluding hydrogens is 286 g/mol. The minimum atomic E-state index is -0.0227. The summed E-state index contributed by atoms with van der Waals surface area (Å²) in [6, 6.07) is 10.0. The molecule has 0 fully saturated rings. The van der Waals surface area contributed by atoms with Crippen LogP contribution < -0.4 is 10.1 Å². The van der Waals surface area contributed by atoms with E-state index >= 15 is 0 Å². The Morgan fingerprint density at radius 3 is 2.95 bits per heavy atom. The van der Waals surface area contributed by atoms with Crippen molar-refractivity contribution in [2.75, 3.05) is 13.2 Å². The second-order valence-corrected chi connectivity index (χ2v) is 5.69. The molecule has 0 amide bonds. The fourth-order valence-electron chi connectivity index (χ4n) is 2.78. The van der Waals surface area contributed by atoms with Crippen molar-refractivity contribution in [2.24, 2.45) is 0 Å². The van der Waals surface area contributed by atoms with Crippen LogP contribution in [0.25, 0.3) is 0 Å². The third kappa shape index (κ3) is 3.09. The lowest BCUT2D eigenvalue weighted by Gasteiger charge is -2.25. The highest BCUT2D eigenvalue weighted by atomic mass is 35.5. The van der Waals surface area contributed by atoms with Gasteiger partial charge in [-0.1, -0.05) is 25.1 Å². The average Bonchev–Trinajstić information content (AvgIpc) is 2.94. The van der Waals surface area contributed by atoms with Gasteiger partial charge in [-0.05, 0) is 55.1 Å². The highest BCUT2D eigenvalue weighted by molar-refractivity contribution is 6.28. The van der Waals surface area contributed by atoms with E-state index < -0.39 is 0 Å². The van der Waals surface area contributed by atoms with E-state index in [-0.39, 0.29) is 6.04 Å². The molecule has 1 atom stereocenters. The quantitative estimate of drug-likeness (QED) is 0.892. The zero-order valence-corrected chi connectivity index (χ0v) is 13.0. The number of hydrogen-bond acceptors (Lipinski definition) is 3. The number of rotatable bonds is 5. The van der Waals surface area contributed by atoms with Crippen molar-refractivity contribution in [3.63, 3.8) is 0 Å². The Morgan fingerprint density at radius 1 is 1.29 bits per heavy atom. The van der Waals surface area contributed by atoms with Crippen LogP contribution >= 0.6 is 11.6 Å². The number of hydrogen-bond donors (Lipinski definition) is 1. The maximum absolute atomic E-state index is 5.94. The molecule has 0 aliphatic carbocycles. The SMILES string of the molecule is CCCNC(c1ccc(Cl)o1)c1cccc2c1OCCC2. The zero-order chi connectivity index (χ0) is 14.7. The van der Waals surface area contributed by atoms with Gasteiger partial charge in [0, 0.05) is 5.56 Å². The number of fused-ring (bicyclic) bond motifs is 1. The fraction of sp³-hybridized carbons (Fsp3) is 0.412. The summed E-state index contributed by atoms with van der Waals surface area (Å²) in [7, 11) is 0. The number of halogens is 1. The lowest BCUT2D eigenvalue weighted by atomic mass is 9.96. The van der Waals surface area contributed by atoms with Crippen molar-refractivity contribution in [3.05, 3.63) is 52.4 Å². The maximum Gasteiger partial charge on any atom is 0.193 e. The molecule has 2 heterocycles. The van der Waals surface area contributed by atoms with Crippen molar-refractivity contribution in [1.82, 2.24) is 5.32 Å². The largest absolute Gasteiger partial charge is 0.493 e. The van der Waals surface area contributed by atoms with Gasteiger partial charge in [0.05, 0.1) is 12.6 Å². The highest BCUT2D eigenvalue weighted by Gasteiger charge is 2.24. The normalized spacial score (nSPS) is 15.3. The molecule has 1 aliphatic heterocycles. The first-order valence-corrected chi connectivity index (χ1v) is 7.90. The van der Waals surface area contributed by atoms with Gasteiger partial charge in [0.15, 0.2) is 5.22 Å². The van der Waals surface area contributed by atoms with Crippen molar-refractivity contribution in [3.8, 4) is 5.75 Å². The Morgan fingerprint density at radius 2 is 2.19 bits per heavy atom. The third-order valence-electron chi connectivity index (χ3n) is 3.75. The van der Waals surface area contributed by atoms with Crippen LogP contribution in [-0.4, -0.2) is 13.2 Å². The van der Waals surface area contributed by atoms with Crippen LogP contribution in [0.5, 0.6) is 5.75 Å². The minimum absolute atomic E-state index is 0.0227. The van der Waals surface area contributed by atoms with Gasteiger partial charge in [-0.2, -0.15) is 0 Å². The van der Waals surface area contributed by atoms with Crippen molar-refractivity contribution >= 4 is 11.6 Å². The Kier molecular flexibility index (Phi) is 4.51. The summed E-state index contributed by atoms with van der Waals surface area (Å²) >= 11 is 5.94. The van der Waals surface area contributed by atoms with E-state index in [1.807, 2.05) is 6.07 Å². The molecule has 0 saturated carbocycles. The molecule has 0 bridgehead atoms. The topological polar surface area (TPSA) is 34.4 Å². The molecule has 1 N–H and O–H groups in total. The first-order chi connectivity index (χ1) is 10.3. The van der Waals surface area contributed by atoms with E-state index in [0.29, 0.717) is 5.22 Å². The Bertz CT molecular complexity index is 609. The van der Waals surface area contributed by atoms with Gasteiger partial charge in [-0.15, -0.1) is 0 Å². The van der Waals surface area contributed by atoms with Gasteiger partial charge < -0.3 is 14.5 Å². The summed E-state index contributed by atoms with van der Waals surface area (Å²) in [5.41, 5.74) is 2.41. The van der Waals surface area contributed by atoms with Gasteiger partial charge in [0.25, 0.3) is 0 Å². The van der Waals surface area contributed by atoms with Crippen LogP contribution in [0.3, 0.4) is 0 Å². The summed E-state index contributed by atoms with van der Waals surface area (Å²) < 4.78 is 11.6. The summed E-state index contributed by atoms with van der Waals surface area (Å²) in [4.78, 5) is 0. The summed E-state index contributed by atoms with van der Waals surface area (Å²) in [6.07, 6.45) is 3.21. The molecule has 1 unspecified atom stereocenters. The monoisotopic (exact) mass is 305 g/mol. The molecule has 21 heavy (non-hydrogen) atoms. The maximum atomic E-state index is 5.94. The number of nitrogens with one attached hydrogen (secondary N) is 1. The van der Waals surface area contributed by atoms with Gasteiger partial charge in [0.2, 0.25) is 0 Å². The van der Waals surface area contributed by atoms with Gasteiger partial charge in [0.1, 0.15) is 11.5 Å². The first kappa shape index (κ1) is 14.5. The van der Waals surface area contributed by atoms with Gasteiger partial charge in [-0.25, -0.2) is 0 Å². The second-order valence-electron chi connectivity index (χ2n) is 5.32. The Balaban J connectivity index is 2.00. The van der Waals surface area contributed by atoms with Crippen LogP contribution in [0, 0.1) is 0 Å². The van der Waals surface area contributed by atoms with Crippen molar-refractivity contribution < 1.29 is 9.15 Å². The number of para-hydroxylation sites is 1. The van der Waals surface area contributed by atoms with E-state index in [1.165, 1.54) is 5.56 Å². The zero-order valence-electron chi connectivity index (χ0n) is 12.2. The predicted molar refractivity (Wildman–Crippen MR) is 84.1 cm³/mol. The molecule has 1 aromatic heterocycles.